The van der Waals surface area contributed by atoms with E-state index in [9.17, 15) is 9.59 Å². The molecular weight excluding hydrogens is 236 g/mol. The van der Waals surface area contributed by atoms with Gasteiger partial charge in [-0.05, 0) is 6.92 Å². The molecule has 1 unspecified atom stereocenters. The molecule has 0 bridgehead atoms. The van der Waals surface area contributed by atoms with Gasteiger partial charge >= 0.3 is 12.0 Å². The molecule has 1 heterocycles. The van der Waals surface area contributed by atoms with Crippen LogP contribution in [-0.4, -0.2) is 45.8 Å². The first-order valence-corrected chi connectivity index (χ1v) is 5.62. The monoisotopic (exact) mass is 254 g/mol. The number of nitrogens with zero attached hydrogens (tertiary/aromatic N) is 2. The van der Waals surface area contributed by atoms with Gasteiger partial charge < -0.3 is 15.3 Å². The Morgan fingerprint density at radius 1 is 1.61 bits per heavy atom. The lowest BCUT2D eigenvalue weighted by Gasteiger charge is -2.19. The largest absolute Gasteiger partial charge is 0.481 e. The van der Waals surface area contributed by atoms with Crippen molar-refractivity contribution >= 4 is 12.0 Å². The maximum absolute atomic E-state index is 11.7. The molecule has 3 N–H and O–H groups in total. The Hall–Kier alpha value is -2.05. The number of aromatic nitrogens is 2. The van der Waals surface area contributed by atoms with Crippen molar-refractivity contribution in [1.29, 1.82) is 0 Å². The molecule has 1 aromatic heterocycles. The molecule has 100 valence electrons. The lowest BCUT2D eigenvalue weighted by atomic mass is 10.2. The topological polar surface area (TPSA) is 98.3 Å². The van der Waals surface area contributed by atoms with E-state index in [1.807, 2.05) is 6.92 Å². The third kappa shape index (κ3) is 3.76. The normalized spacial score (nSPS) is 11.9. The molecular formula is C11H18N4O3. The second kappa shape index (κ2) is 6.04. The number of nitrogens with one attached hydrogen (secondary N) is 2. The Morgan fingerprint density at radius 3 is 2.78 bits per heavy atom. The summed E-state index contributed by atoms with van der Waals surface area (Å²) in [4.78, 5) is 23.7. The number of aromatic amines is 1. The molecule has 0 fully saturated rings. The van der Waals surface area contributed by atoms with Gasteiger partial charge in [-0.25, -0.2) is 4.79 Å². The lowest BCUT2D eigenvalue weighted by Crippen LogP contribution is -2.40. The van der Waals surface area contributed by atoms with Gasteiger partial charge in [0.15, 0.2) is 0 Å². The van der Waals surface area contributed by atoms with Gasteiger partial charge in [-0.3, -0.25) is 9.89 Å². The first kappa shape index (κ1) is 14.0. The van der Waals surface area contributed by atoms with Crippen LogP contribution in [0.4, 0.5) is 4.79 Å². The molecule has 0 aliphatic heterocycles. The highest BCUT2D eigenvalue weighted by Gasteiger charge is 2.17. The molecule has 0 aliphatic rings. The third-order valence-electron chi connectivity index (χ3n) is 2.68. The first-order chi connectivity index (χ1) is 8.41. The van der Waals surface area contributed by atoms with Crippen molar-refractivity contribution < 1.29 is 14.7 Å². The third-order valence-corrected chi connectivity index (χ3v) is 2.68. The zero-order chi connectivity index (χ0) is 13.7. The van der Waals surface area contributed by atoms with E-state index in [4.69, 9.17) is 5.11 Å². The average molecular weight is 254 g/mol. The van der Waals surface area contributed by atoms with E-state index in [1.165, 1.54) is 4.90 Å². The number of amides is 2. The van der Waals surface area contributed by atoms with Crippen LogP contribution in [0.2, 0.25) is 0 Å². The molecule has 18 heavy (non-hydrogen) atoms. The van der Waals surface area contributed by atoms with Gasteiger partial charge in [-0.2, -0.15) is 5.10 Å². The van der Waals surface area contributed by atoms with Crippen LogP contribution >= 0.6 is 0 Å². The van der Waals surface area contributed by atoms with Gasteiger partial charge in [-0.1, -0.05) is 6.92 Å². The highest BCUT2D eigenvalue weighted by atomic mass is 16.4. The summed E-state index contributed by atoms with van der Waals surface area (Å²) in [5.74, 6) is -1.50. The number of aryl methyl sites for hydroxylation is 1. The fraction of sp³-hybridized carbons (Fsp3) is 0.545. The van der Waals surface area contributed by atoms with Gasteiger partial charge in [0.25, 0.3) is 0 Å². The van der Waals surface area contributed by atoms with Gasteiger partial charge in [-0.15, -0.1) is 0 Å². The van der Waals surface area contributed by atoms with E-state index >= 15 is 0 Å². The average Bonchev–Trinajstić information content (AvgIpc) is 2.71. The van der Waals surface area contributed by atoms with Crippen molar-refractivity contribution in [3.8, 4) is 0 Å². The molecule has 0 saturated carbocycles. The Bertz CT molecular complexity index is 430. The zero-order valence-corrected chi connectivity index (χ0v) is 10.7. The van der Waals surface area contributed by atoms with Crippen LogP contribution in [0.5, 0.6) is 0 Å². The van der Waals surface area contributed by atoms with Gasteiger partial charge in [0.1, 0.15) is 0 Å². The summed E-state index contributed by atoms with van der Waals surface area (Å²) in [5.41, 5.74) is 1.81. The fourth-order valence-electron chi connectivity index (χ4n) is 1.43. The number of carboxylic acid groups (broad SMARTS) is 1. The molecule has 1 rings (SSSR count). The van der Waals surface area contributed by atoms with Crippen molar-refractivity contribution in [2.24, 2.45) is 5.92 Å². The van der Waals surface area contributed by atoms with Crippen LogP contribution in [0.25, 0.3) is 0 Å². The second-order valence-corrected chi connectivity index (χ2v) is 4.30. The van der Waals surface area contributed by atoms with Crippen molar-refractivity contribution in [1.82, 2.24) is 20.4 Å². The minimum Gasteiger partial charge on any atom is -0.481 e. The predicted molar refractivity (Wildman–Crippen MR) is 65.0 cm³/mol. The molecule has 1 atom stereocenters. The SMILES string of the molecule is Cc1[nH]ncc1CNC(=O)N(C)CC(C)C(=O)O. The summed E-state index contributed by atoms with van der Waals surface area (Å²) in [6.45, 7) is 3.97. The Labute approximate surface area is 105 Å². The highest BCUT2D eigenvalue weighted by molar-refractivity contribution is 5.75. The Balaban J connectivity index is 2.41. The van der Waals surface area contributed by atoms with Crippen LogP contribution in [0.15, 0.2) is 6.20 Å². The van der Waals surface area contributed by atoms with E-state index in [0.717, 1.165) is 11.3 Å². The number of aliphatic carboxylic acids is 1. The van der Waals surface area contributed by atoms with E-state index < -0.39 is 11.9 Å². The molecule has 0 aromatic carbocycles. The molecule has 0 aliphatic carbocycles. The molecule has 2 amide bonds. The number of carbonyl (C=O) groups excluding carboxylic acids is 1. The van der Waals surface area contributed by atoms with E-state index in [-0.39, 0.29) is 12.6 Å². The summed E-state index contributed by atoms with van der Waals surface area (Å²) in [6.07, 6.45) is 1.65. The number of H-pyrrole nitrogens is 1. The van der Waals surface area contributed by atoms with Crippen LogP contribution in [0, 0.1) is 12.8 Å². The maximum atomic E-state index is 11.7. The minimum atomic E-state index is -0.916. The summed E-state index contributed by atoms with van der Waals surface area (Å²) in [7, 11) is 1.57. The summed E-state index contributed by atoms with van der Waals surface area (Å²) < 4.78 is 0. The molecule has 7 heteroatoms. The predicted octanol–water partition coefficient (Wildman–Crippen LogP) is 0.580. The molecule has 0 saturated heterocycles. The number of carbonyl (C=O) groups is 2. The molecule has 1 aromatic rings. The fourth-order valence-corrected chi connectivity index (χ4v) is 1.43. The first-order valence-electron chi connectivity index (χ1n) is 5.62. The number of urea groups is 1. The zero-order valence-electron chi connectivity index (χ0n) is 10.7. The quantitative estimate of drug-likeness (QED) is 0.715. The standard InChI is InChI=1S/C11H18N4O3/c1-7(10(16)17)6-15(3)11(18)12-4-9-5-13-14-8(9)2/h5,7H,4,6H2,1-3H3,(H,12,18)(H,13,14)(H,16,17). The van der Waals surface area contributed by atoms with Crippen LogP contribution in [0.3, 0.4) is 0 Å². The number of carboxylic acids is 1. The van der Waals surface area contributed by atoms with Crippen molar-refractivity contribution in [3.05, 3.63) is 17.5 Å². The van der Waals surface area contributed by atoms with Crippen LogP contribution in [-0.2, 0) is 11.3 Å². The van der Waals surface area contributed by atoms with Crippen molar-refractivity contribution in [2.75, 3.05) is 13.6 Å². The maximum Gasteiger partial charge on any atom is 0.317 e. The highest BCUT2D eigenvalue weighted by Crippen LogP contribution is 2.03. The number of rotatable bonds is 5. The van der Waals surface area contributed by atoms with Gasteiger partial charge in [0.05, 0.1) is 12.1 Å². The molecule has 0 radical (unpaired) electrons. The summed E-state index contributed by atoms with van der Waals surface area (Å²) in [5, 5.41) is 18.1. The second-order valence-electron chi connectivity index (χ2n) is 4.30. The Kier molecular flexibility index (Phi) is 4.70. The Morgan fingerprint density at radius 2 is 2.28 bits per heavy atom. The molecule has 7 nitrogen and oxygen atoms in total. The number of hydrogen-bond acceptors (Lipinski definition) is 3. The number of hydrogen-bond donors (Lipinski definition) is 3. The van der Waals surface area contributed by atoms with Crippen molar-refractivity contribution in [2.45, 2.75) is 20.4 Å². The summed E-state index contributed by atoms with van der Waals surface area (Å²) in [6, 6.07) is -0.302. The van der Waals surface area contributed by atoms with Crippen LogP contribution in [0.1, 0.15) is 18.2 Å². The van der Waals surface area contributed by atoms with E-state index in [0.29, 0.717) is 6.54 Å². The van der Waals surface area contributed by atoms with Crippen LogP contribution < -0.4 is 5.32 Å². The smallest absolute Gasteiger partial charge is 0.317 e. The van der Waals surface area contributed by atoms with E-state index in [1.54, 1.807) is 20.2 Å². The van der Waals surface area contributed by atoms with Gasteiger partial charge in [0.2, 0.25) is 0 Å². The van der Waals surface area contributed by atoms with Gasteiger partial charge in [0, 0.05) is 31.4 Å². The molecule has 0 spiro atoms. The lowest BCUT2D eigenvalue weighted by molar-refractivity contribution is -0.141. The minimum absolute atomic E-state index is 0.172. The van der Waals surface area contributed by atoms with Crippen molar-refractivity contribution in [3.63, 3.8) is 0 Å². The van der Waals surface area contributed by atoms with E-state index in [2.05, 4.69) is 15.5 Å². The summed E-state index contributed by atoms with van der Waals surface area (Å²) >= 11 is 0.